The normalized spacial score (nSPS) is 10.6. The van der Waals surface area contributed by atoms with Gasteiger partial charge in [0.15, 0.2) is 11.5 Å². The third-order valence-corrected chi connectivity index (χ3v) is 2.12. The zero-order chi connectivity index (χ0) is 15.3. The van der Waals surface area contributed by atoms with E-state index in [0.717, 1.165) is 0 Å². The first-order valence-corrected chi connectivity index (χ1v) is 5.89. The quantitative estimate of drug-likeness (QED) is 0.715. The molecule has 0 saturated carbocycles. The molecule has 0 radical (unpaired) electrons. The van der Waals surface area contributed by atoms with Crippen molar-refractivity contribution in [3.63, 3.8) is 0 Å². The average molecular weight is 282 g/mol. The van der Waals surface area contributed by atoms with Gasteiger partial charge in [0.1, 0.15) is 5.60 Å². The summed E-state index contributed by atoms with van der Waals surface area (Å²) in [4.78, 5) is 23.1. The van der Waals surface area contributed by atoms with Crippen LogP contribution in [-0.4, -0.2) is 29.8 Å². The van der Waals surface area contributed by atoms with E-state index >= 15 is 0 Å². The van der Waals surface area contributed by atoms with Crippen LogP contribution in [0.4, 0.5) is 4.79 Å². The molecule has 0 saturated heterocycles. The number of ether oxygens (including phenoxy) is 2. The highest BCUT2D eigenvalue weighted by molar-refractivity contribution is 5.95. The number of carbonyl (C=O) groups excluding carboxylic acids is 2. The number of amides is 2. The predicted octanol–water partition coefficient (Wildman–Crippen LogP) is 1.57. The molecule has 0 atom stereocenters. The third-order valence-electron chi connectivity index (χ3n) is 2.12. The van der Waals surface area contributed by atoms with E-state index in [9.17, 15) is 14.7 Å². The van der Waals surface area contributed by atoms with Crippen molar-refractivity contribution < 1.29 is 24.2 Å². The highest BCUT2D eigenvalue weighted by Crippen LogP contribution is 2.25. The van der Waals surface area contributed by atoms with Crippen LogP contribution in [0.3, 0.4) is 0 Å². The molecule has 7 heteroatoms. The molecular formula is C13H18N2O5. The van der Waals surface area contributed by atoms with E-state index in [1.165, 1.54) is 25.3 Å². The second-order valence-electron chi connectivity index (χ2n) is 4.97. The van der Waals surface area contributed by atoms with E-state index in [0.29, 0.717) is 0 Å². The first-order valence-electron chi connectivity index (χ1n) is 5.89. The molecule has 3 N–H and O–H groups in total. The fourth-order valence-corrected chi connectivity index (χ4v) is 1.31. The standard InChI is InChI=1S/C13H18N2O5/c1-13(2,3)20-12(18)15-14-11(17)8-5-6-10(19-4)9(16)7-8/h5-7,16H,1-4H3,(H,14,17)(H,15,18). The molecule has 0 unspecified atom stereocenters. The molecule has 1 aromatic carbocycles. The van der Waals surface area contributed by atoms with Crippen molar-refractivity contribution in [2.75, 3.05) is 7.11 Å². The van der Waals surface area contributed by atoms with Crippen LogP contribution < -0.4 is 15.6 Å². The molecule has 7 nitrogen and oxygen atoms in total. The lowest BCUT2D eigenvalue weighted by atomic mass is 10.2. The smallest absolute Gasteiger partial charge is 0.426 e. The Balaban J connectivity index is 2.59. The highest BCUT2D eigenvalue weighted by Gasteiger charge is 2.17. The van der Waals surface area contributed by atoms with Crippen molar-refractivity contribution >= 4 is 12.0 Å². The summed E-state index contributed by atoms with van der Waals surface area (Å²) in [6, 6.07) is 4.12. The molecule has 1 rings (SSSR count). The Hall–Kier alpha value is -2.44. The molecule has 0 aromatic heterocycles. The third kappa shape index (κ3) is 4.68. The lowest BCUT2D eigenvalue weighted by molar-refractivity contribution is 0.0483. The van der Waals surface area contributed by atoms with Crippen molar-refractivity contribution in [1.82, 2.24) is 10.9 Å². The van der Waals surface area contributed by atoms with Crippen molar-refractivity contribution in [2.24, 2.45) is 0 Å². The molecule has 0 fully saturated rings. The molecule has 20 heavy (non-hydrogen) atoms. The first-order chi connectivity index (χ1) is 9.23. The van der Waals surface area contributed by atoms with Crippen LogP contribution in [-0.2, 0) is 4.74 Å². The molecule has 0 spiro atoms. The largest absolute Gasteiger partial charge is 0.504 e. The summed E-state index contributed by atoms with van der Waals surface area (Å²) >= 11 is 0. The van der Waals surface area contributed by atoms with Crippen LogP contribution in [0.2, 0.25) is 0 Å². The summed E-state index contributed by atoms with van der Waals surface area (Å²) in [7, 11) is 1.40. The number of phenolic OH excluding ortho intramolecular Hbond substituents is 1. The topological polar surface area (TPSA) is 96.9 Å². The lowest BCUT2D eigenvalue weighted by Crippen LogP contribution is -2.44. The minimum absolute atomic E-state index is 0.166. The summed E-state index contributed by atoms with van der Waals surface area (Å²) in [5.41, 5.74) is 3.79. The van der Waals surface area contributed by atoms with Gasteiger partial charge < -0.3 is 14.6 Å². The zero-order valence-corrected chi connectivity index (χ0v) is 11.8. The van der Waals surface area contributed by atoms with Gasteiger partial charge in [-0.3, -0.25) is 10.2 Å². The summed E-state index contributed by atoms with van der Waals surface area (Å²) in [6.45, 7) is 5.11. The summed E-state index contributed by atoms with van der Waals surface area (Å²) in [6.07, 6.45) is -0.774. The van der Waals surface area contributed by atoms with Gasteiger partial charge in [0.2, 0.25) is 0 Å². The van der Waals surface area contributed by atoms with Crippen molar-refractivity contribution in [2.45, 2.75) is 26.4 Å². The first kappa shape index (κ1) is 15.6. The van der Waals surface area contributed by atoms with Crippen LogP contribution in [0.15, 0.2) is 18.2 Å². The van der Waals surface area contributed by atoms with Gasteiger partial charge in [-0.2, -0.15) is 0 Å². The molecule has 1 aromatic rings. The number of hydrogen-bond donors (Lipinski definition) is 3. The highest BCUT2D eigenvalue weighted by atomic mass is 16.6. The van der Waals surface area contributed by atoms with E-state index in [-0.39, 0.29) is 17.1 Å². The van der Waals surface area contributed by atoms with Gasteiger partial charge >= 0.3 is 6.09 Å². The number of nitrogens with one attached hydrogen (secondary N) is 2. The molecule has 2 amide bonds. The summed E-state index contributed by atoms with van der Waals surface area (Å²) in [5.74, 6) is -0.507. The van der Waals surface area contributed by atoms with E-state index in [1.54, 1.807) is 20.8 Å². The molecular weight excluding hydrogens is 264 g/mol. The molecule has 0 aliphatic heterocycles. The minimum atomic E-state index is -0.774. The Morgan fingerprint density at radius 2 is 1.85 bits per heavy atom. The predicted molar refractivity (Wildman–Crippen MR) is 71.5 cm³/mol. The Bertz CT molecular complexity index is 508. The van der Waals surface area contributed by atoms with Crippen LogP contribution in [0, 0.1) is 0 Å². The van der Waals surface area contributed by atoms with Gasteiger partial charge in [-0.1, -0.05) is 0 Å². The SMILES string of the molecule is COc1ccc(C(=O)NNC(=O)OC(C)(C)C)cc1O. The van der Waals surface area contributed by atoms with Crippen LogP contribution in [0.5, 0.6) is 11.5 Å². The van der Waals surface area contributed by atoms with Gasteiger partial charge in [0.25, 0.3) is 5.91 Å². The maximum atomic E-state index is 11.7. The maximum Gasteiger partial charge on any atom is 0.426 e. The Labute approximate surface area is 116 Å². The van der Waals surface area contributed by atoms with E-state index in [1.807, 2.05) is 0 Å². The monoisotopic (exact) mass is 282 g/mol. The number of hydrazine groups is 1. The van der Waals surface area contributed by atoms with E-state index < -0.39 is 17.6 Å². The van der Waals surface area contributed by atoms with Crippen LogP contribution in [0.25, 0.3) is 0 Å². The number of aromatic hydroxyl groups is 1. The molecule has 0 heterocycles. The summed E-state index contributed by atoms with van der Waals surface area (Å²) in [5, 5.41) is 9.55. The van der Waals surface area contributed by atoms with Gasteiger partial charge in [0.05, 0.1) is 7.11 Å². The van der Waals surface area contributed by atoms with Crippen molar-refractivity contribution in [3.05, 3.63) is 23.8 Å². The van der Waals surface area contributed by atoms with Crippen LogP contribution >= 0.6 is 0 Å². The molecule has 0 aliphatic rings. The number of hydrogen-bond acceptors (Lipinski definition) is 5. The minimum Gasteiger partial charge on any atom is -0.504 e. The maximum absolute atomic E-state index is 11.7. The number of benzene rings is 1. The van der Waals surface area contributed by atoms with Crippen molar-refractivity contribution in [3.8, 4) is 11.5 Å². The van der Waals surface area contributed by atoms with Crippen LogP contribution in [0.1, 0.15) is 31.1 Å². The fourth-order valence-electron chi connectivity index (χ4n) is 1.31. The van der Waals surface area contributed by atoms with E-state index in [2.05, 4.69) is 10.9 Å². The van der Waals surface area contributed by atoms with Gasteiger partial charge in [0, 0.05) is 5.56 Å². The molecule has 0 aliphatic carbocycles. The Morgan fingerprint density at radius 1 is 1.20 bits per heavy atom. The average Bonchev–Trinajstić information content (AvgIpc) is 2.33. The second kappa shape index (κ2) is 6.14. The number of rotatable bonds is 2. The van der Waals surface area contributed by atoms with Gasteiger partial charge in [-0.05, 0) is 39.0 Å². The van der Waals surface area contributed by atoms with Crippen molar-refractivity contribution in [1.29, 1.82) is 0 Å². The van der Waals surface area contributed by atoms with E-state index in [4.69, 9.17) is 9.47 Å². The Morgan fingerprint density at radius 3 is 2.35 bits per heavy atom. The number of methoxy groups -OCH3 is 1. The molecule has 110 valence electrons. The second-order valence-corrected chi connectivity index (χ2v) is 4.97. The Kier molecular flexibility index (Phi) is 4.79. The summed E-state index contributed by atoms with van der Waals surface area (Å²) < 4.78 is 9.81. The molecule has 0 bridgehead atoms. The number of phenols is 1. The van der Waals surface area contributed by atoms with Gasteiger partial charge in [-0.15, -0.1) is 0 Å². The van der Waals surface area contributed by atoms with Gasteiger partial charge in [-0.25, -0.2) is 10.2 Å². The lowest BCUT2D eigenvalue weighted by Gasteiger charge is -2.19. The fraction of sp³-hybridized carbons (Fsp3) is 0.385. The zero-order valence-electron chi connectivity index (χ0n) is 11.8. The number of carbonyl (C=O) groups is 2.